The first kappa shape index (κ1) is 18.3. The number of amides is 1. The normalized spacial score (nSPS) is 35.0. The van der Waals surface area contributed by atoms with Crippen LogP contribution in [0.25, 0.3) is 0 Å². The van der Waals surface area contributed by atoms with Crippen molar-refractivity contribution in [1.82, 2.24) is 4.90 Å². The molecule has 1 aromatic carbocycles. The van der Waals surface area contributed by atoms with Crippen LogP contribution < -0.4 is 0 Å². The first-order valence-electron chi connectivity index (χ1n) is 9.49. The molecular formula is C20H23F2NO4. The molecular weight excluding hydrogens is 356 g/mol. The van der Waals surface area contributed by atoms with E-state index in [0.29, 0.717) is 25.7 Å². The van der Waals surface area contributed by atoms with Crippen molar-refractivity contribution in [1.29, 1.82) is 0 Å². The molecule has 3 aliphatic rings. The van der Waals surface area contributed by atoms with E-state index in [-0.39, 0.29) is 30.0 Å². The first-order valence-corrected chi connectivity index (χ1v) is 9.49. The second-order valence-electron chi connectivity index (χ2n) is 8.30. The molecule has 5 nitrogen and oxygen atoms in total. The third-order valence-electron chi connectivity index (χ3n) is 6.55. The topological polar surface area (TPSA) is 77.8 Å². The molecule has 2 heterocycles. The number of carboxylic acids is 1. The lowest BCUT2D eigenvalue weighted by atomic mass is 9.72. The number of rotatable bonds is 4. The van der Waals surface area contributed by atoms with Gasteiger partial charge in [-0.1, -0.05) is 6.07 Å². The maximum Gasteiger partial charge on any atom is 0.307 e. The van der Waals surface area contributed by atoms with Crippen molar-refractivity contribution < 1.29 is 28.6 Å². The zero-order valence-electron chi connectivity index (χ0n) is 14.9. The van der Waals surface area contributed by atoms with Crippen molar-refractivity contribution in [3.8, 4) is 0 Å². The quantitative estimate of drug-likeness (QED) is 0.843. The largest absolute Gasteiger partial charge is 0.481 e. The molecule has 1 aromatic rings. The van der Waals surface area contributed by atoms with Crippen molar-refractivity contribution in [2.45, 2.75) is 62.6 Å². The number of benzene rings is 1. The molecule has 3 fully saturated rings. The van der Waals surface area contributed by atoms with Gasteiger partial charge < -0.3 is 15.1 Å². The number of carbonyl (C=O) groups excluding carboxylic acids is 1. The van der Waals surface area contributed by atoms with Crippen molar-refractivity contribution >= 4 is 11.9 Å². The Bertz CT molecular complexity index is 769. The van der Waals surface area contributed by atoms with Gasteiger partial charge in [-0.3, -0.25) is 9.59 Å². The minimum Gasteiger partial charge on any atom is -0.481 e. The van der Waals surface area contributed by atoms with Crippen LogP contribution in [0.4, 0.5) is 8.78 Å². The summed E-state index contributed by atoms with van der Waals surface area (Å²) in [6.45, 7) is 0. The summed E-state index contributed by atoms with van der Waals surface area (Å²) in [6.07, 6.45) is 3.38. The fraction of sp³-hybridized carbons (Fsp3) is 0.600. The van der Waals surface area contributed by atoms with Gasteiger partial charge >= 0.3 is 5.97 Å². The zero-order chi connectivity index (χ0) is 19.3. The standard InChI is InChI=1S/C20H23F2NO4/c21-12-2-1-11(17(22)7-12)8-20(27)9-13-3-4-14(10-20)23(13)18(24)15-5-6-16(15)19(25)26/h1-2,7,13-16,27H,3-6,8-10H2,(H,25,26). The number of hydrogen-bond acceptors (Lipinski definition) is 3. The fourth-order valence-corrected chi connectivity index (χ4v) is 5.13. The summed E-state index contributed by atoms with van der Waals surface area (Å²) in [5.41, 5.74) is -0.879. The lowest BCUT2D eigenvalue weighted by Crippen LogP contribution is -2.57. The SMILES string of the molecule is O=C(O)C1CCC1C(=O)N1C2CCC1CC(O)(Cc1ccc(F)cc1F)C2. The smallest absolute Gasteiger partial charge is 0.307 e. The van der Waals surface area contributed by atoms with Gasteiger partial charge in [0.05, 0.1) is 17.4 Å². The summed E-state index contributed by atoms with van der Waals surface area (Å²) in [5.74, 6) is -3.44. The van der Waals surface area contributed by atoms with Gasteiger partial charge in [0.1, 0.15) is 11.6 Å². The summed E-state index contributed by atoms with van der Waals surface area (Å²) in [5, 5.41) is 20.3. The maximum absolute atomic E-state index is 14.0. The summed E-state index contributed by atoms with van der Waals surface area (Å²) >= 11 is 0. The van der Waals surface area contributed by atoms with Gasteiger partial charge in [-0.25, -0.2) is 8.78 Å². The molecule has 146 valence electrons. The molecule has 1 aliphatic carbocycles. The van der Waals surface area contributed by atoms with Gasteiger partial charge in [0.2, 0.25) is 5.91 Å². The van der Waals surface area contributed by atoms with Gasteiger partial charge in [-0.05, 0) is 50.2 Å². The van der Waals surface area contributed by atoms with Gasteiger partial charge in [-0.2, -0.15) is 0 Å². The molecule has 4 rings (SSSR count). The molecule has 2 aliphatic heterocycles. The van der Waals surface area contributed by atoms with Crippen LogP contribution in [0.1, 0.15) is 44.1 Å². The lowest BCUT2D eigenvalue weighted by Gasteiger charge is -2.47. The molecule has 2 bridgehead atoms. The summed E-state index contributed by atoms with van der Waals surface area (Å²) in [7, 11) is 0. The Balaban J connectivity index is 1.48. The highest BCUT2D eigenvalue weighted by Gasteiger charge is 2.53. The number of hydrogen-bond donors (Lipinski definition) is 2. The predicted octanol–water partition coefficient (Wildman–Crippen LogP) is 2.50. The Morgan fingerprint density at radius 1 is 1.07 bits per heavy atom. The molecule has 0 spiro atoms. The number of nitrogens with zero attached hydrogens (tertiary/aromatic N) is 1. The third kappa shape index (κ3) is 3.22. The van der Waals surface area contributed by atoms with Gasteiger partial charge in [0.25, 0.3) is 0 Å². The van der Waals surface area contributed by atoms with Crippen molar-refractivity contribution in [3.05, 3.63) is 35.4 Å². The van der Waals surface area contributed by atoms with Crippen molar-refractivity contribution in [3.63, 3.8) is 0 Å². The number of carboxylic acid groups (broad SMARTS) is 1. The van der Waals surface area contributed by atoms with Gasteiger partial charge in [-0.15, -0.1) is 0 Å². The van der Waals surface area contributed by atoms with E-state index in [1.54, 1.807) is 4.90 Å². The van der Waals surface area contributed by atoms with Gasteiger partial charge in [0, 0.05) is 24.6 Å². The Morgan fingerprint density at radius 2 is 1.70 bits per heavy atom. The number of fused-ring (bicyclic) bond motifs is 2. The molecule has 1 saturated carbocycles. The van der Waals surface area contributed by atoms with E-state index < -0.39 is 35.0 Å². The average Bonchev–Trinajstić information content (AvgIpc) is 2.81. The van der Waals surface area contributed by atoms with E-state index in [4.69, 9.17) is 0 Å². The first-order chi connectivity index (χ1) is 12.8. The molecule has 7 heteroatoms. The highest BCUT2D eigenvalue weighted by molar-refractivity contribution is 5.87. The number of piperidine rings is 1. The Labute approximate surface area is 156 Å². The molecule has 0 radical (unpaired) electrons. The molecule has 4 atom stereocenters. The van der Waals surface area contributed by atoms with E-state index in [9.17, 15) is 28.6 Å². The van der Waals surface area contributed by atoms with Crippen LogP contribution in [-0.4, -0.2) is 44.7 Å². The zero-order valence-corrected chi connectivity index (χ0v) is 14.9. The minimum atomic E-state index is -1.15. The van der Waals surface area contributed by atoms with Crippen LogP contribution in [0.2, 0.25) is 0 Å². The van der Waals surface area contributed by atoms with E-state index in [1.165, 1.54) is 12.1 Å². The maximum atomic E-state index is 14.0. The summed E-state index contributed by atoms with van der Waals surface area (Å²) < 4.78 is 27.1. The Hall–Kier alpha value is -2.02. The average molecular weight is 379 g/mol. The van der Waals surface area contributed by atoms with E-state index in [2.05, 4.69) is 0 Å². The highest BCUT2D eigenvalue weighted by atomic mass is 19.1. The van der Waals surface area contributed by atoms with Crippen LogP contribution in [0.15, 0.2) is 18.2 Å². The van der Waals surface area contributed by atoms with E-state index >= 15 is 0 Å². The molecule has 0 aromatic heterocycles. The highest BCUT2D eigenvalue weighted by Crippen LogP contribution is 2.45. The predicted molar refractivity (Wildman–Crippen MR) is 91.8 cm³/mol. The summed E-state index contributed by atoms with van der Waals surface area (Å²) in [6, 6.07) is 3.04. The Morgan fingerprint density at radius 3 is 2.22 bits per heavy atom. The molecule has 1 amide bonds. The number of aliphatic carboxylic acids is 1. The van der Waals surface area contributed by atoms with Crippen LogP contribution in [0.5, 0.6) is 0 Å². The second kappa shape index (κ2) is 6.55. The molecule has 2 N–H and O–H groups in total. The van der Waals surface area contributed by atoms with Crippen LogP contribution in [0, 0.1) is 23.5 Å². The second-order valence-corrected chi connectivity index (χ2v) is 8.30. The summed E-state index contributed by atoms with van der Waals surface area (Å²) in [4.78, 5) is 25.9. The monoisotopic (exact) mass is 379 g/mol. The number of carbonyl (C=O) groups is 2. The van der Waals surface area contributed by atoms with Crippen LogP contribution >= 0.6 is 0 Å². The Kier molecular flexibility index (Phi) is 4.45. The fourth-order valence-electron chi connectivity index (χ4n) is 5.13. The molecule has 27 heavy (non-hydrogen) atoms. The molecule has 4 unspecified atom stereocenters. The number of halogens is 2. The van der Waals surface area contributed by atoms with Crippen LogP contribution in [0.3, 0.4) is 0 Å². The molecule has 2 saturated heterocycles. The minimum absolute atomic E-state index is 0.0787. The van der Waals surface area contributed by atoms with Gasteiger partial charge in [0.15, 0.2) is 0 Å². The number of aliphatic hydroxyl groups is 1. The third-order valence-corrected chi connectivity index (χ3v) is 6.55. The van der Waals surface area contributed by atoms with Crippen LogP contribution in [-0.2, 0) is 16.0 Å². The van der Waals surface area contributed by atoms with Crippen molar-refractivity contribution in [2.75, 3.05) is 0 Å². The van der Waals surface area contributed by atoms with Crippen molar-refractivity contribution in [2.24, 2.45) is 11.8 Å². The van der Waals surface area contributed by atoms with E-state index in [0.717, 1.165) is 18.9 Å². The lowest BCUT2D eigenvalue weighted by molar-refractivity contribution is -0.161. The van der Waals surface area contributed by atoms with E-state index in [1.807, 2.05) is 0 Å².